The summed E-state index contributed by atoms with van der Waals surface area (Å²) in [7, 11) is 0. The van der Waals surface area contributed by atoms with Gasteiger partial charge in [0.25, 0.3) is 5.56 Å². The van der Waals surface area contributed by atoms with Crippen molar-refractivity contribution in [3.63, 3.8) is 0 Å². The van der Waals surface area contributed by atoms with E-state index < -0.39 is 11.8 Å². The molecule has 0 unspecified atom stereocenters. The van der Waals surface area contributed by atoms with Gasteiger partial charge >= 0.3 is 5.97 Å². The van der Waals surface area contributed by atoms with Crippen molar-refractivity contribution in [1.82, 2.24) is 9.38 Å². The number of hydrogen-bond donors (Lipinski definition) is 1. The molecular formula is C21H17N3O5. The summed E-state index contributed by atoms with van der Waals surface area (Å²) in [6.45, 7) is 1.39. The molecule has 4 rings (SSSR count). The molecule has 0 spiro atoms. The van der Waals surface area contributed by atoms with Crippen LogP contribution in [0.25, 0.3) is 5.65 Å². The van der Waals surface area contributed by atoms with Crippen molar-refractivity contribution < 1.29 is 19.1 Å². The molecule has 1 aliphatic rings. The first-order valence-corrected chi connectivity index (χ1v) is 8.90. The number of anilines is 1. The number of aromatic nitrogens is 2. The second-order valence-electron chi connectivity index (χ2n) is 6.50. The fourth-order valence-corrected chi connectivity index (χ4v) is 2.91. The highest BCUT2D eigenvalue weighted by atomic mass is 16.5. The zero-order chi connectivity index (χ0) is 20.4. The van der Waals surface area contributed by atoms with Gasteiger partial charge in [-0.3, -0.25) is 14.0 Å². The fourth-order valence-electron chi connectivity index (χ4n) is 2.91. The quantitative estimate of drug-likeness (QED) is 0.524. The van der Waals surface area contributed by atoms with Crippen LogP contribution in [0.4, 0.5) is 5.69 Å². The highest BCUT2D eigenvalue weighted by molar-refractivity contribution is 6.19. The lowest BCUT2D eigenvalue weighted by atomic mass is 10.2. The zero-order valence-electron chi connectivity index (χ0n) is 15.5. The number of Topliss-reactive ketones (excluding diaryl/α,β-unsaturated/α-hetero) is 1. The minimum atomic E-state index is -0.836. The van der Waals surface area contributed by atoms with Crippen molar-refractivity contribution in [3.8, 4) is 0 Å². The van der Waals surface area contributed by atoms with E-state index >= 15 is 0 Å². The van der Waals surface area contributed by atoms with Crippen LogP contribution in [0.3, 0.4) is 0 Å². The molecule has 29 heavy (non-hydrogen) atoms. The molecule has 1 aromatic carbocycles. The summed E-state index contributed by atoms with van der Waals surface area (Å²) in [6, 6.07) is 13.8. The third-order valence-corrected chi connectivity index (χ3v) is 4.30. The first kappa shape index (κ1) is 18.4. The average molecular weight is 391 g/mol. The summed E-state index contributed by atoms with van der Waals surface area (Å²) in [5.41, 5.74) is 1.85. The predicted molar refractivity (Wildman–Crippen MR) is 104 cm³/mol. The van der Waals surface area contributed by atoms with Crippen molar-refractivity contribution in [2.75, 3.05) is 11.9 Å². The molecule has 0 atom stereocenters. The summed E-state index contributed by atoms with van der Waals surface area (Å²) >= 11 is 0. The Kier molecular flexibility index (Phi) is 4.82. The third-order valence-electron chi connectivity index (χ3n) is 4.30. The molecular weight excluding hydrogens is 374 g/mol. The number of nitrogens with zero attached hydrogens (tertiary/aromatic N) is 2. The SMILES string of the molecule is Cc1ccc2nc(COC(=O)C3=C(Nc4ccccc4)OCC3=O)cc(=O)n2c1. The van der Waals surface area contributed by atoms with Gasteiger partial charge in [0.15, 0.2) is 12.2 Å². The van der Waals surface area contributed by atoms with Gasteiger partial charge in [0, 0.05) is 18.0 Å². The summed E-state index contributed by atoms with van der Waals surface area (Å²) in [6.07, 6.45) is 1.68. The number of para-hydroxylation sites is 1. The van der Waals surface area contributed by atoms with E-state index in [-0.39, 0.29) is 35.9 Å². The van der Waals surface area contributed by atoms with Gasteiger partial charge in [-0.05, 0) is 30.7 Å². The molecule has 8 heteroatoms. The number of fused-ring (bicyclic) bond motifs is 1. The highest BCUT2D eigenvalue weighted by Crippen LogP contribution is 2.21. The molecule has 3 aromatic rings. The van der Waals surface area contributed by atoms with Crippen LogP contribution in [0.1, 0.15) is 11.3 Å². The zero-order valence-corrected chi connectivity index (χ0v) is 15.5. The molecule has 0 radical (unpaired) electrons. The molecule has 0 bridgehead atoms. The topological polar surface area (TPSA) is 99.0 Å². The number of carbonyl (C=O) groups is 2. The van der Waals surface area contributed by atoms with Gasteiger partial charge < -0.3 is 14.8 Å². The largest absolute Gasteiger partial charge is 0.470 e. The molecule has 0 amide bonds. The fraction of sp³-hybridized carbons (Fsp3) is 0.143. The van der Waals surface area contributed by atoms with Crippen LogP contribution in [0.15, 0.2) is 71.0 Å². The number of nitrogens with one attached hydrogen (secondary N) is 1. The Bertz CT molecular complexity index is 1200. The van der Waals surface area contributed by atoms with E-state index in [4.69, 9.17) is 9.47 Å². The molecule has 0 aliphatic carbocycles. The molecule has 0 saturated carbocycles. The number of pyridine rings is 1. The van der Waals surface area contributed by atoms with E-state index in [9.17, 15) is 14.4 Å². The lowest BCUT2D eigenvalue weighted by molar-refractivity contribution is -0.141. The molecule has 3 heterocycles. The smallest absolute Gasteiger partial charge is 0.347 e. The summed E-state index contributed by atoms with van der Waals surface area (Å²) in [5.74, 6) is -1.26. The summed E-state index contributed by atoms with van der Waals surface area (Å²) < 4.78 is 11.9. The normalized spacial score (nSPS) is 13.5. The molecule has 1 aliphatic heterocycles. The standard InChI is InChI=1S/C21H17N3O5/c1-13-7-8-17-22-15(9-18(26)24(17)10-13)11-29-21(27)19-16(25)12-28-20(19)23-14-5-3-2-4-6-14/h2-10,23H,11-12H2,1H3. The lowest BCUT2D eigenvalue weighted by Gasteiger charge is -2.09. The van der Waals surface area contributed by atoms with Crippen LogP contribution in [-0.2, 0) is 25.7 Å². The van der Waals surface area contributed by atoms with E-state index in [0.717, 1.165) is 5.56 Å². The monoisotopic (exact) mass is 391 g/mol. The molecule has 146 valence electrons. The van der Waals surface area contributed by atoms with E-state index in [1.807, 2.05) is 31.2 Å². The second-order valence-corrected chi connectivity index (χ2v) is 6.50. The van der Waals surface area contributed by atoms with Crippen LogP contribution in [0, 0.1) is 6.92 Å². The Labute approximate surface area is 165 Å². The summed E-state index contributed by atoms with van der Waals surface area (Å²) in [4.78, 5) is 41.2. The lowest BCUT2D eigenvalue weighted by Crippen LogP contribution is -2.19. The number of carbonyl (C=O) groups excluding carboxylic acids is 2. The van der Waals surface area contributed by atoms with Gasteiger partial charge in [-0.1, -0.05) is 24.3 Å². The van der Waals surface area contributed by atoms with E-state index in [1.54, 1.807) is 24.4 Å². The predicted octanol–water partition coefficient (Wildman–Crippen LogP) is 1.97. The van der Waals surface area contributed by atoms with Crippen LogP contribution >= 0.6 is 0 Å². The average Bonchev–Trinajstić information content (AvgIpc) is 3.07. The van der Waals surface area contributed by atoms with E-state index in [1.165, 1.54) is 10.5 Å². The number of hydrogen-bond acceptors (Lipinski definition) is 7. The minimum absolute atomic E-state index is 0.0493. The van der Waals surface area contributed by atoms with Crippen molar-refractivity contribution in [2.45, 2.75) is 13.5 Å². The molecule has 8 nitrogen and oxygen atoms in total. The molecule has 0 fully saturated rings. The first-order valence-electron chi connectivity index (χ1n) is 8.90. The number of ketones is 1. The molecule has 0 saturated heterocycles. The molecule has 2 aromatic heterocycles. The van der Waals surface area contributed by atoms with Crippen molar-refractivity contribution in [1.29, 1.82) is 0 Å². The number of benzene rings is 1. The third kappa shape index (κ3) is 3.86. The number of ether oxygens (including phenoxy) is 2. The second kappa shape index (κ2) is 7.59. The van der Waals surface area contributed by atoms with Crippen LogP contribution in [0.5, 0.6) is 0 Å². The van der Waals surface area contributed by atoms with Crippen molar-refractivity contribution in [3.05, 3.63) is 87.8 Å². The van der Waals surface area contributed by atoms with Crippen LogP contribution < -0.4 is 10.9 Å². The maximum atomic E-state index is 12.5. The Balaban J connectivity index is 1.53. The Morgan fingerprint density at radius 2 is 2.00 bits per heavy atom. The Morgan fingerprint density at radius 3 is 2.79 bits per heavy atom. The highest BCUT2D eigenvalue weighted by Gasteiger charge is 2.32. The van der Waals surface area contributed by atoms with Gasteiger partial charge in [0.05, 0.1) is 5.69 Å². The van der Waals surface area contributed by atoms with Crippen LogP contribution in [-0.4, -0.2) is 27.7 Å². The van der Waals surface area contributed by atoms with Crippen molar-refractivity contribution >= 4 is 23.1 Å². The van der Waals surface area contributed by atoms with Gasteiger partial charge in [-0.2, -0.15) is 0 Å². The molecule has 1 N–H and O–H groups in total. The number of rotatable bonds is 5. The van der Waals surface area contributed by atoms with E-state index in [2.05, 4.69) is 10.3 Å². The number of aryl methyl sites for hydroxylation is 1. The summed E-state index contributed by atoms with van der Waals surface area (Å²) in [5, 5.41) is 2.91. The van der Waals surface area contributed by atoms with Gasteiger partial charge in [-0.15, -0.1) is 0 Å². The first-order chi connectivity index (χ1) is 14.0. The Hall–Kier alpha value is -3.94. The van der Waals surface area contributed by atoms with Gasteiger partial charge in [0.1, 0.15) is 12.3 Å². The number of esters is 1. The van der Waals surface area contributed by atoms with E-state index in [0.29, 0.717) is 11.3 Å². The van der Waals surface area contributed by atoms with Crippen LogP contribution in [0.2, 0.25) is 0 Å². The van der Waals surface area contributed by atoms with Crippen molar-refractivity contribution in [2.24, 2.45) is 0 Å². The van der Waals surface area contributed by atoms with Gasteiger partial charge in [0.2, 0.25) is 11.7 Å². The minimum Gasteiger partial charge on any atom is -0.470 e. The maximum Gasteiger partial charge on any atom is 0.347 e. The Morgan fingerprint density at radius 1 is 1.21 bits per heavy atom. The maximum absolute atomic E-state index is 12.5. The van der Waals surface area contributed by atoms with Gasteiger partial charge in [-0.25, -0.2) is 9.78 Å².